The molecule has 0 unspecified atom stereocenters. The molecule has 0 saturated heterocycles. The highest BCUT2D eigenvalue weighted by Gasteiger charge is 2.15. The first kappa shape index (κ1) is 15.2. The molecular formula is C23H18S2. The van der Waals surface area contributed by atoms with E-state index in [0.717, 1.165) is 6.42 Å². The molecule has 1 aliphatic rings. The molecule has 0 atom stereocenters. The summed E-state index contributed by atoms with van der Waals surface area (Å²) in [4.78, 5) is 2.81. The largest absolute Gasteiger partial charge is 0.134 e. The Balaban J connectivity index is 1.76. The van der Waals surface area contributed by atoms with Gasteiger partial charge in [0.25, 0.3) is 0 Å². The predicted molar refractivity (Wildman–Crippen MR) is 114 cm³/mol. The van der Waals surface area contributed by atoms with Crippen LogP contribution >= 0.6 is 23.1 Å². The van der Waals surface area contributed by atoms with Crippen molar-refractivity contribution in [2.24, 2.45) is 0 Å². The highest BCUT2D eigenvalue weighted by atomic mass is 32.2. The van der Waals surface area contributed by atoms with Gasteiger partial charge in [-0.15, -0.1) is 23.1 Å². The Morgan fingerprint density at radius 2 is 1.80 bits per heavy atom. The molecule has 1 aromatic heterocycles. The first-order chi connectivity index (χ1) is 12.3. The quantitative estimate of drug-likeness (QED) is 0.336. The van der Waals surface area contributed by atoms with Gasteiger partial charge < -0.3 is 0 Å². The summed E-state index contributed by atoms with van der Waals surface area (Å²) in [5.41, 5.74) is 4.21. The molecule has 2 heteroatoms. The zero-order valence-electron chi connectivity index (χ0n) is 14.1. The van der Waals surface area contributed by atoms with Crippen LogP contribution in [0.25, 0.3) is 37.4 Å². The number of hydrogen-bond donors (Lipinski definition) is 0. The minimum atomic E-state index is 1.16. The third-order valence-electron chi connectivity index (χ3n) is 5.00. The standard InChI is InChI=1S/C23H18S2/c1-24-23-20-13-17-8-4-5-9-18(17)14-21(20)25-22(23)19-11-10-15-6-2-3-7-16(15)12-19/h3-5,7-14H,2,6H2,1H3. The number of fused-ring (bicyclic) bond motifs is 3. The van der Waals surface area contributed by atoms with Crippen molar-refractivity contribution < 1.29 is 0 Å². The lowest BCUT2D eigenvalue weighted by Crippen LogP contribution is -1.93. The molecule has 0 spiro atoms. The van der Waals surface area contributed by atoms with E-state index in [0.29, 0.717) is 0 Å². The molecule has 122 valence electrons. The number of thiophene rings is 1. The summed E-state index contributed by atoms with van der Waals surface area (Å²) in [6.07, 6.45) is 9.09. The van der Waals surface area contributed by atoms with Gasteiger partial charge in [-0.05, 0) is 64.8 Å². The molecule has 0 saturated carbocycles. The molecule has 25 heavy (non-hydrogen) atoms. The van der Waals surface area contributed by atoms with Crippen LogP contribution in [0.4, 0.5) is 0 Å². The summed E-state index contributed by atoms with van der Waals surface area (Å²) in [7, 11) is 0. The Morgan fingerprint density at radius 3 is 2.64 bits per heavy atom. The SMILES string of the molecule is CSc1c(-c2ccc3c(c2)C=CCC3)sc2cc3ccccc3cc12. The van der Waals surface area contributed by atoms with Crippen molar-refractivity contribution in [1.29, 1.82) is 0 Å². The molecule has 0 N–H and O–H groups in total. The average molecular weight is 359 g/mol. The van der Waals surface area contributed by atoms with Gasteiger partial charge in [0.05, 0.1) is 0 Å². The van der Waals surface area contributed by atoms with E-state index in [1.165, 1.54) is 53.7 Å². The molecular weight excluding hydrogens is 340 g/mol. The van der Waals surface area contributed by atoms with Gasteiger partial charge in [0.1, 0.15) is 0 Å². The number of aryl methyl sites for hydroxylation is 1. The van der Waals surface area contributed by atoms with Crippen LogP contribution in [0.15, 0.2) is 65.6 Å². The zero-order chi connectivity index (χ0) is 16.8. The molecule has 0 aliphatic heterocycles. The van der Waals surface area contributed by atoms with Crippen molar-refractivity contribution in [3.05, 3.63) is 71.8 Å². The van der Waals surface area contributed by atoms with E-state index in [1.54, 1.807) is 0 Å². The van der Waals surface area contributed by atoms with Crippen LogP contribution in [0, 0.1) is 0 Å². The maximum atomic E-state index is 2.37. The molecule has 0 radical (unpaired) electrons. The summed E-state index contributed by atoms with van der Waals surface area (Å²) in [5.74, 6) is 0. The molecule has 0 bridgehead atoms. The van der Waals surface area contributed by atoms with Crippen LogP contribution in [0.2, 0.25) is 0 Å². The highest BCUT2D eigenvalue weighted by Crippen LogP contribution is 2.45. The van der Waals surface area contributed by atoms with Crippen molar-refractivity contribution in [1.82, 2.24) is 0 Å². The molecule has 0 fully saturated rings. The predicted octanol–water partition coefficient (Wildman–Crippen LogP) is 7.40. The van der Waals surface area contributed by atoms with Crippen LogP contribution < -0.4 is 0 Å². The Bertz CT molecular complexity index is 1130. The lowest BCUT2D eigenvalue weighted by atomic mass is 9.95. The number of benzene rings is 3. The zero-order valence-corrected chi connectivity index (χ0v) is 15.7. The van der Waals surface area contributed by atoms with Gasteiger partial charge in [-0.3, -0.25) is 0 Å². The molecule has 4 aromatic rings. The van der Waals surface area contributed by atoms with E-state index >= 15 is 0 Å². The minimum absolute atomic E-state index is 1.16. The Kier molecular flexibility index (Phi) is 3.69. The van der Waals surface area contributed by atoms with Crippen LogP contribution in [-0.2, 0) is 6.42 Å². The van der Waals surface area contributed by atoms with Gasteiger partial charge in [-0.25, -0.2) is 0 Å². The lowest BCUT2D eigenvalue weighted by molar-refractivity contribution is 0.986. The van der Waals surface area contributed by atoms with Gasteiger partial charge in [-0.1, -0.05) is 48.6 Å². The first-order valence-corrected chi connectivity index (χ1v) is 10.7. The maximum Gasteiger partial charge on any atom is 0.0491 e. The summed E-state index contributed by atoms with van der Waals surface area (Å²) >= 11 is 3.79. The van der Waals surface area contributed by atoms with Gasteiger partial charge in [-0.2, -0.15) is 0 Å². The van der Waals surface area contributed by atoms with Gasteiger partial charge in [0.2, 0.25) is 0 Å². The van der Waals surface area contributed by atoms with Crippen LogP contribution in [0.5, 0.6) is 0 Å². The molecule has 0 amide bonds. The number of rotatable bonds is 2. The topological polar surface area (TPSA) is 0 Å². The summed E-state index contributed by atoms with van der Waals surface area (Å²) in [6.45, 7) is 0. The monoisotopic (exact) mass is 358 g/mol. The van der Waals surface area contributed by atoms with E-state index in [4.69, 9.17) is 0 Å². The minimum Gasteiger partial charge on any atom is -0.134 e. The highest BCUT2D eigenvalue weighted by molar-refractivity contribution is 7.99. The lowest BCUT2D eigenvalue weighted by Gasteiger charge is -2.12. The molecule has 1 heterocycles. The van der Waals surface area contributed by atoms with Gasteiger partial charge >= 0.3 is 0 Å². The van der Waals surface area contributed by atoms with E-state index in [2.05, 4.69) is 73.0 Å². The Labute approximate surface area is 156 Å². The van der Waals surface area contributed by atoms with Crippen molar-refractivity contribution in [3.63, 3.8) is 0 Å². The van der Waals surface area contributed by atoms with Crippen molar-refractivity contribution in [3.8, 4) is 10.4 Å². The van der Waals surface area contributed by atoms with Crippen LogP contribution in [0.3, 0.4) is 0 Å². The Hall–Kier alpha value is -2.03. The van der Waals surface area contributed by atoms with Crippen LogP contribution in [0.1, 0.15) is 17.5 Å². The van der Waals surface area contributed by atoms with Crippen molar-refractivity contribution in [2.75, 3.05) is 6.26 Å². The second-order valence-electron chi connectivity index (χ2n) is 6.51. The third kappa shape index (κ3) is 2.52. The van der Waals surface area contributed by atoms with Crippen molar-refractivity contribution >= 4 is 50.0 Å². The average Bonchev–Trinajstić information content (AvgIpc) is 3.03. The number of hydrogen-bond acceptors (Lipinski definition) is 2. The second-order valence-corrected chi connectivity index (χ2v) is 8.38. The second kappa shape index (κ2) is 6.05. The van der Waals surface area contributed by atoms with Crippen LogP contribution in [-0.4, -0.2) is 6.26 Å². The number of allylic oxidation sites excluding steroid dienone is 1. The van der Waals surface area contributed by atoms with Gasteiger partial charge in [0, 0.05) is 19.9 Å². The molecule has 5 rings (SSSR count). The smallest absolute Gasteiger partial charge is 0.0491 e. The fraction of sp³-hybridized carbons (Fsp3) is 0.130. The van der Waals surface area contributed by atoms with E-state index in [1.807, 2.05) is 23.1 Å². The third-order valence-corrected chi connectivity index (χ3v) is 7.16. The summed E-state index contributed by atoms with van der Waals surface area (Å²) in [5, 5.41) is 4.03. The van der Waals surface area contributed by atoms with Crippen molar-refractivity contribution in [2.45, 2.75) is 17.7 Å². The van der Waals surface area contributed by atoms with Gasteiger partial charge in [0.15, 0.2) is 0 Å². The first-order valence-electron chi connectivity index (χ1n) is 8.62. The fourth-order valence-corrected chi connectivity index (χ4v) is 5.98. The molecule has 3 aromatic carbocycles. The number of thioether (sulfide) groups is 1. The normalized spacial score (nSPS) is 13.5. The maximum absolute atomic E-state index is 2.37. The summed E-state index contributed by atoms with van der Waals surface area (Å²) < 4.78 is 1.38. The summed E-state index contributed by atoms with van der Waals surface area (Å²) in [6, 6.07) is 20.3. The molecule has 1 aliphatic carbocycles. The Morgan fingerprint density at radius 1 is 0.960 bits per heavy atom. The fourth-order valence-electron chi connectivity index (χ4n) is 3.72. The molecule has 0 nitrogen and oxygen atoms in total. The van der Waals surface area contributed by atoms with E-state index in [-0.39, 0.29) is 0 Å². The van der Waals surface area contributed by atoms with E-state index in [9.17, 15) is 0 Å². The van der Waals surface area contributed by atoms with E-state index < -0.39 is 0 Å².